The highest BCUT2D eigenvalue weighted by molar-refractivity contribution is 7.99. The minimum atomic E-state index is -0.161. The third-order valence-corrected chi connectivity index (χ3v) is 3.45. The summed E-state index contributed by atoms with van der Waals surface area (Å²) in [7, 11) is 0. The van der Waals surface area contributed by atoms with Gasteiger partial charge in [0.15, 0.2) is 5.82 Å². The molecule has 1 aliphatic rings. The van der Waals surface area contributed by atoms with Crippen LogP contribution >= 0.6 is 23.4 Å². The van der Waals surface area contributed by atoms with E-state index in [9.17, 15) is 0 Å². The zero-order valence-electron chi connectivity index (χ0n) is 7.36. The molecule has 1 fully saturated rings. The number of rotatable bonds is 2. The Bertz CT molecular complexity index is 283. The number of hydrogen-bond donors (Lipinski definition) is 0. The predicted molar refractivity (Wildman–Crippen MR) is 53.2 cm³/mol. The van der Waals surface area contributed by atoms with E-state index in [1.165, 1.54) is 5.75 Å². The van der Waals surface area contributed by atoms with Gasteiger partial charge < -0.3 is 4.52 Å². The molecule has 0 bridgehead atoms. The lowest BCUT2D eigenvalue weighted by Crippen LogP contribution is -1.97. The monoisotopic (exact) mass is 218 g/mol. The van der Waals surface area contributed by atoms with Crippen LogP contribution < -0.4 is 0 Å². The first-order chi connectivity index (χ1) is 6.27. The van der Waals surface area contributed by atoms with Crippen molar-refractivity contribution < 1.29 is 4.52 Å². The first kappa shape index (κ1) is 9.34. The highest BCUT2D eigenvalue weighted by atomic mass is 35.5. The molecule has 2 unspecified atom stereocenters. The highest BCUT2D eigenvalue weighted by Gasteiger charge is 2.24. The van der Waals surface area contributed by atoms with Gasteiger partial charge in [0.1, 0.15) is 0 Å². The number of aromatic nitrogens is 2. The summed E-state index contributed by atoms with van der Waals surface area (Å²) in [6.45, 7) is 1.85. The molecule has 0 saturated carbocycles. The Kier molecular flexibility index (Phi) is 2.79. The maximum absolute atomic E-state index is 5.83. The standard InChI is InChI=1S/C8H11ClN2OS/c1-5(9)7-10-8(12-11-7)6-2-3-13-4-6/h5-6H,2-4H2,1H3. The molecule has 0 amide bonds. The van der Waals surface area contributed by atoms with Crippen molar-refractivity contribution in [2.75, 3.05) is 11.5 Å². The van der Waals surface area contributed by atoms with E-state index in [4.69, 9.17) is 16.1 Å². The van der Waals surface area contributed by atoms with Crippen LogP contribution in [0.3, 0.4) is 0 Å². The van der Waals surface area contributed by atoms with Crippen LogP contribution in [-0.4, -0.2) is 21.6 Å². The molecule has 1 aromatic rings. The van der Waals surface area contributed by atoms with E-state index in [1.807, 2.05) is 18.7 Å². The topological polar surface area (TPSA) is 38.9 Å². The normalized spacial score (nSPS) is 24.9. The number of nitrogens with zero attached hydrogens (tertiary/aromatic N) is 2. The number of thioether (sulfide) groups is 1. The summed E-state index contributed by atoms with van der Waals surface area (Å²) in [5.41, 5.74) is 0. The fourth-order valence-electron chi connectivity index (χ4n) is 1.30. The van der Waals surface area contributed by atoms with Gasteiger partial charge in [0.25, 0.3) is 0 Å². The van der Waals surface area contributed by atoms with Gasteiger partial charge in [-0.15, -0.1) is 11.6 Å². The average Bonchev–Trinajstić information content (AvgIpc) is 2.75. The summed E-state index contributed by atoms with van der Waals surface area (Å²) < 4.78 is 5.15. The second kappa shape index (κ2) is 3.88. The second-order valence-electron chi connectivity index (χ2n) is 3.17. The molecule has 2 heterocycles. The van der Waals surface area contributed by atoms with Crippen molar-refractivity contribution in [1.29, 1.82) is 0 Å². The zero-order valence-corrected chi connectivity index (χ0v) is 8.94. The fraction of sp³-hybridized carbons (Fsp3) is 0.750. The summed E-state index contributed by atoms with van der Waals surface area (Å²) in [6, 6.07) is 0. The third kappa shape index (κ3) is 1.99. The minimum absolute atomic E-state index is 0.161. The molecule has 1 aliphatic heterocycles. The van der Waals surface area contributed by atoms with E-state index in [0.29, 0.717) is 11.7 Å². The lowest BCUT2D eigenvalue weighted by molar-refractivity contribution is 0.356. The van der Waals surface area contributed by atoms with Crippen LogP contribution in [-0.2, 0) is 0 Å². The molecule has 0 aromatic carbocycles. The molecular weight excluding hydrogens is 208 g/mol. The van der Waals surface area contributed by atoms with Crippen molar-refractivity contribution in [2.24, 2.45) is 0 Å². The Hall–Kier alpha value is -0.220. The van der Waals surface area contributed by atoms with Crippen molar-refractivity contribution in [3.8, 4) is 0 Å². The molecule has 3 nitrogen and oxygen atoms in total. The Morgan fingerprint density at radius 2 is 2.54 bits per heavy atom. The average molecular weight is 219 g/mol. The van der Waals surface area contributed by atoms with Crippen LogP contribution in [0.5, 0.6) is 0 Å². The van der Waals surface area contributed by atoms with Crippen molar-refractivity contribution in [3.63, 3.8) is 0 Å². The number of hydrogen-bond acceptors (Lipinski definition) is 4. The van der Waals surface area contributed by atoms with Crippen molar-refractivity contribution in [1.82, 2.24) is 10.1 Å². The Morgan fingerprint density at radius 3 is 3.08 bits per heavy atom. The smallest absolute Gasteiger partial charge is 0.230 e. The molecule has 2 atom stereocenters. The van der Waals surface area contributed by atoms with E-state index in [0.717, 1.165) is 18.1 Å². The summed E-state index contributed by atoms with van der Waals surface area (Å²) in [6.07, 6.45) is 1.14. The molecule has 0 spiro atoms. The van der Waals surface area contributed by atoms with Crippen LogP contribution in [0.2, 0.25) is 0 Å². The van der Waals surface area contributed by atoms with Gasteiger partial charge in [-0.1, -0.05) is 5.16 Å². The van der Waals surface area contributed by atoms with Crippen LogP contribution in [0, 0.1) is 0 Å². The summed E-state index contributed by atoms with van der Waals surface area (Å²) in [5, 5.41) is 3.67. The summed E-state index contributed by atoms with van der Waals surface area (Å²) in [5.74, 6) is 4.10. The van der Waals surface area contributed by atoms with Gasteiger partial charge in [-0.2, -0.15) is 16.7 Å². The van der Waals surface area contributed by atoms with Crippen molar-refractivity contribution >= 4 is 23.4 Å². The summed E-state index contributed by atoms with van der Waals surface area (Å²) >= 11 is 7.77. The van der Waals surface area contributed by atoms with E-state index < -0.39 is 0 Å². The van der Waals surface area contributed by atoms with Crippen molar-refractivity contribution in [2.45, 2.75) is 24.6 Å². The van der Waals surface area contributed by atoms with Crippen LogP contribution in [0.4, 0.5) is 0 Å². The van der Waals surface area contributed by atoms with Crippen LogP contribution in [0.25, 0.3) is 0 Å². The molecule has 1 saturated heterocycles. The van der Waals surface area contributed by atoms with Gasteiger partial charge in [-0.05, 0) is 19.1 Å². The molecule has 0 N–H and O–H groups in total. The maximum Gasteiger partial charge on any atom is 0.230 e. The van der Waals surface area contributed by atoms with Gasteiger partial charge >= 0.3 is 0 Å². The molecule has 5 heteroatoms. The predicted octanol–water partition coefficient (Wildman–Crippen LogP) is 2.59. The first-order valence-electron chi connectivity index (χ1n) is 4.32. The van der Waals surface area contributed by atoms with Gasteiger partial charge in [0.2, 0.25) is 5.89 Å². The molecule has 0 aliphatic carbocycles. The van der Waals surface area contributed by atoms with E-state index in [-0.39, 0.29) is 5.38 Å². The van der Waals surface area contributed by atoms with E-state index in [2.05, 4.69) is 10.1 Å². The molecule has 1 aromatic heterocycles. The van der Waals surface area contributed by atoms with E-state index >= 15 is 0 Å². The van der Waals surface area contributed by atoms with Crippen LogP contribution in [0.15, 0.2) is 4.52 Å². The van der Waals surface area contributed by atoms with E-state index in [1.54, 1.807) is 0 Å². The Balaban J connectivity index is 2.12. The van der Waals surface area contributed by atoms with Gasteiger partial charge in [-0.3, -0.25) is 0 Å². The molecule has 0 radical (unpaired) electrons. The SMILES string of the molecule is CC(Cl)c1noc(C2CCSC2)n1. The fourth-order valence-corrected chi connectivity index (χ4v) is 2.60. The van der Waals surface area contributed by atoms with Crippen LogP contribution in [0.1, 0.15) is 36.4 Å². The Morgan fingerprint density at radius 1 is 1.69 bits per heavy atom. The second-order valence-corrected chi connectivity index (χ2v) is 4.97. The van der Waals surface area contributed by atoms with Gasteiger partial charge in [0.05, 0.1) is 5.38 Å². The largest absolute Gasteiger partial charge is 0.339 e. The number of alkyl halides is 1. The van der Waals surface area contributed by atoms with Gasteiger partial charge in [0, 0.05) is 11.7 Å². The zero-order chi connectivity index (χ0) is 9.26. The molecule has 13 heavy (non-hydrogen) atoms. The first-order valence-corrected chi connectivity index (χ1v) is 5.92. The number of halogens is 1. The molecule has 72 valence electrons. The van der Waals surface area contributed by atoms with Gasteiger partial charge in [-0.25, -0.2) is 0 Å². The quantitative estimate of drug-likeness (QED) is 0.716. The highest BCUT2D eigenvalue weighted by Crippen LogP contribution is 2.31. The lowest BCUT2D eigenvalue weighted by atomic mass is 10.1. The molecule has 2 rings (SSSR count). The van der Waals surface area contributed by atoms with Crippen molar-refractivity contribution in [3.05, 3.63) is 11.7 Å². The Labute approximate surface area is 86.2 Å². The lowest BCUT2D eigenvalue weighted by Gasteiger charge is -1.98. The maximum atomic E-state index is 5.83. The third-order valence-electron chi connectivity index (χ3n) is 2.09. The minimum Gasteiger partial charge on any atom is -0.339 e. The summed E-state index contributed by atoms with van der Waals surface area (Å²) in [4.78, 5) is 4.27. The molecular formula is C8H11ClN2OS.